The number of nitrogens with zero attached hydrogens (tertiary/aromatic N) is 1. The van der Waals surface area contributed by atoms with Gasteiger partial charge in [0.05, 0.1) is 18.6 Å². The second kappa shape index (κ2) is 8.19. The van der Waals surface area contributed by atoms with E-state index in [0.29, 0.717) is 24.3 Å². The summed E-state index contributed by atoms with van der Waals surface area (Å²) in [5.41, 5.74) is 2.75. The van der Waals surface area contributed by atoms with Gasteiger partial charge in [0.1, 0.15) is 5.75 Å². The Morgan fingerprint density at radius 1 is 1.14 bits per heavy atom. The highest BCUT2D eigenvalue weighted by atomic mass is 32.2. The molecular weight excluding hydrogens is 386 g/mol. The van der Waals surface area contributed by atoms with Crippen LogP contribution in [0.1, 0.15) is 48.7 Å². The molecule has 6 heteroatoms. The first-order valence-corrected chi connectivity index (χ1v) is 11.7. The van der Waals surface area contributed by atoms with E-state index in [4.69, 9.17) is 4.74 Å². The second-order valence-corrected chi connectivity index (χ2v) is 10.9. The van der Waals surface area contributed by atoms with Crippen LogP contribution in [0, 0.1) is 0 Å². The van der Waals surface area contributed by atoms with Gasteiger partial charge in [-0.05, 0) is 41.2 Å². The van der Waals surface area contributed by atoms with Crippen molar-refractivity contribution >= 4 is 15.7 Å². The summed E-state index contributed by atoms with van der Waals surface area (Å²) in [4.78, 5) is 15.0. The number of carbonyl (C=O) groups excluding carboxylic acids is 1. The SMILES string of the molecule is COc1cccc(C(=O)N(Cc2ccc(C(C)(C)C)cc2)[C@H]2CCS(=O)(=O)C2)c1. The molecule has 3 rings (SSSR count). The summed E-state index contributed by atoms with van der Waals surface area (Å²) in [6, 6.07) is 14.9. The quantitative estimate of drug-likeness (QED) is 0.745. The van der Waals surface area contributed by atoms with Gasteiger partial charge < -0.3 is 9.64 Å². The largest absolute Gasteiger partial charge is 0.497 e. The molecule has 0 aromatic heterocycles. The molecule has 5 nitrogen and oxygen atoms in total. The molecule has 1 aliphatic rings. The van der Waals surface area contributed by atoms with Crippen molar-refractivity contribution in [3.05, 3.63) is 65.2 Å². The number of hydrogen-bond donors (Lipinski definition) is 0. The van der Waals surface area contributed by atoms with E-state index in [2.05, 4.69) is 32.9 Å². The normalized spacial score (nSPS) is 18.4. The molecule has 1 heterocycles. The molecule has 0 N–H and O–H groups in total. The lowest BCUT2D eigenvalue weighted by atomic mass is 9.86. The van der Waals surface area contributed by atoms with Crippen molar-refractivity contribution < 1.29 is 17.9 Å². The van der Waals surface area contributed by atoms with Crippen LogP contribution in [0.15, 0.2) is 48.5 Å². The summed E-state index contributed by atoms with van der Waals surface area (Å²) >= 11 is 0. The lowest BCUT2D eigenvalue weighted by Crippen LogP contribution is -2.40. The zero-order chi connectivity index (χ0) is 21.2. The molecule has 2 aromatic carbocycles. The van der Waals surface area contributed by atoms with Crippen LogP contribution in [-0.2, 0) is 21.8 Å². The summed E-state index contributed by atoms with van der Waals surface area (Å²) in [5.74, 6) is 0.570. The number of methoxy groups -OCH3 is 1. The number of amides is 1. The third-order valence-electron chi connectivity index (χ3n) is 5.40. The van der Waals surface area contributed by atoms with Gasteiger partial charge in [0.25, 0.3) is 5.91 Å². The fraction of sp³-hybridized carbons (Fsp3) is 0.435. The Balaban J connectivity index is 1.90. The Morgan fingerprint density at radius 2 is 1.83 bits per heavy atom. The van der Waals surface area contributed by atoms with Crippen LogP contribution in [0.2, 0.25) is 0 Å². The van der Waals surface area contributed by atoms with Gasteiger partial charge in [0.15, 0.2) is 9.84 Å². The molecule has 0 aliphatic carbocycles. The first-order valence-electron chi connectivity index (χ1n) is 9.84. The Morgan fingerprint density at radius 3 is 2.38 bits per heavy atom. The van der Waals surface area contributed by atoms with E-state index >= 15 is 0 Å². The van der Waals surface area contributed by atoms with Gasteiger partial charge in [0, 0.05) is 18.2 Å². The smallest absolute Gasteiger partial charge is 0.254 e. The third kappa shape index (κ3) is 5.18. The molecule has 1 saturated heterocycles. The van der Waals surface area contributed by atoms with Crippen LogP contribution in [0.3, 0.4) is 0 Å². The minimum Gasteiger partial charge on any atom is -0.497 e. The van der Waals surface area contributed by atoms with Crippen molar-refractivity contribution in [2.24, 2.45) is 0 Å². The van der Waals surface area contributed by atoms with Crippen LogP contribution < -0.4 is 4.74 Å². The minimum absolute atomic E-state index is 0.0166. The van der Waals surface area contributed by atoms with Crippen molar-refractivity contribution in [1.29, 1.82) is 0 Å². The van der Waals surface area contributed by atoms with Gasteiger partial charge in [-0.2, -0.15) is 0 Å². The predicted molar refractivity (Wildman–Crippen MR) is 115 cm³/mol. The van der Waals surface area contributed by atoms with E-state index in [0.717, 1.165) is 5.56 Å². The van der Waals surface area contributed by atoms with E-state index in [9.17, 15) is 13.2 Å². The average molecular weight is 416 g/mol. The summed E-state index contributed by atoms with van der Waals surface area (Å²) in [7, 11) is -1.55. The lowest BCUT2D eigenvalue weighted by Gasteiger charge is -2.29. The van der Waals surface area contributed by atoms with Crippen molar-refractivity contribution in [3.8, 4) is 5.75 Å². The van der Waals surface area contributed by atoms with Gasteiger partial charge in [-0.1, -0.05) is 51.1 Å². The molecule has 1 fully saturated rings. The Kier molecular flexibility index (Phi) is 6.03. The molecule has 156 valence electrons. The van der Waals surface area contributed by atoms with Crippen molar-refractivity contribution in [3.63, 3.8) is 0 Å². The summed E-state index contributed by atoms with van der Waals surface area (Å²) in [6.45, 7) is 6.85. The van der Waals surface area contributed by atoms with Gasteiger partial charge in [-0.3, -0.25) is 4.79 Å². The maximum absolute atomic E-state index is 13.3. The van der Waals surface area contributed by atoms with Crippen LogP contribution in [0.5, 0.6) is 5.75 Å². The molecule has 1 atom stereocenters. The first kappa shape index (κ1) is 21.4. The maximum atomic E-state index is 13.3. The Bertz CT molecular complexity index is 975. The number of hydrogen-bond acceptors (Lipinski definition) is 4. The van der Waals surface area contributed by atoms with Crippen molar-refractivity contribution in [2.45, 2.75) is 45.2 Å². The number of benzene rings is 2. The Hall–Kier alpha value is -2.34. The number of sulfone groups is 1. The van der Waals surface area contributed by atoms with E-state index in [1.54, 1.807) is 36.3 Å². The topological polar surface area (TPSA) is 63.7 Å². The fourth-order valence-electron chi connectivity index (χ4n) is 3.62. The zero-order valence-electron chi connectivity index (χ0n) is 17.5. The zero-order valence-corrected chi connectivity index (χ0v) is 18.3. The molecule has 0 spiro atoms. The minimum atomic E-state index is -3.11. The van der Waals surface area contributed by atoms with Crippen LogP contribution in [0.25, 0.3) is 0 Å². The molecule has 1 amide bonds. The van der Waals surface area contributed by atoms with Gasteiger partial charge in [-0.15, -0.1) is 0 Å². The van der Waals surface area contributed by atoms with E-state index in [1.165, 1.54) is 5.56 Å². The van der Waals surface area contributed by atoms with Crippen LogP contribution >= 0.6 is 0 Å². The number of rotatable bonds is 5. The van der Waals surface area contributed by atoms with Crippen LogP contribution in [-0.4, -0.2) is 43.9 Å². The van der Waals surface area contributed by atoms with Gasteiger partial charge in [0.2, 0.25) is 0 Å². The standard InChI is InChI=1S/C23H29NO4S/c1-23(2,3)19-10-8-17(9-11-19)15-24(20-12-13-29(26,27)16-20)22(25)18-6-5-7-21(14-18)28-4/h5-11,14,20H,12-13,15-16H2,1-4H3/t20-/m0/s1. The first-order chi connectivity index (χ1) is 13.6. The summed E-state index contributed by atoms with van der Waals surface area (Å²) in [5, 5.41) is 0. The van der Waals surface area contributed by atoms with Crippen LogP contribution in [0.4, 0.5) is 0 Å². The van der Waals surface area contributed by atoms with Crippen molar-refractivity contribution in [1.82, 2.24) is 4.90 Å². The number of carbonyl (C=O) groups is 1. The summed E-state index contributed by atoms with van der Waals surface area (Å²) < 4.78 is 29.3. The van der Waals surface area contributed by atoms with E-state index < -0.39 is 9.84 Å². The fourth-order valence-corrected chi connectivity index (χ4v) is 5.35. The van der Waals surface area contributed by atoms with Gasteiger partial charge >= 0.3 is 0 Å². The van der Waals surface area contributed by atoms with Crippen molar-refractivity contribution in [2.75, 3.05) is 18.6 Å². The molecule has 29 heavy (non-hydrogen) atoms. The summed E-state index contributed by atoms with van der Waals surface area (Å²) in [6.07, 6.45) is 0.470. The monoisotopic (exact) mass is 415 g/mol. The molecule has 0 saturated carbocycles. The molecule has 2 aromatic rings. The Labute approximate surface area is 173 Å². The molecule has 1 aliphatic heterocycles. The molecule has 0 bridgehead atoms. The van der Waals surface area contributed by atoms with E-state index in [1.807, 2.05) is 12.1 Å². The highest BCUT2D eigenvalue weighted by Crippen LogP contribution is 2.26. The number of ether oxygens (including phenoxy) is 1. The molecule has 0 unspecified atom stereocenters. The average Bonchev–Trinajstić information content (AvgIpc) is 3.04. The molecule has 0 radical (unpaired) electrons. The van der Waals surface area contributed by atoms with E-state index in [-0.39, 0.29) is 28.9 Å². The van der Waals surface area contributed by atoms with Gasteiger partial charge in [-0.25, -0.2) is 8.42 Å². The molecular formula is C23H29NO4S. The lowest BCUT2D eigenvalue weighted by molar-refractivity contribution is 0.0680. The highest BCUT2D eigenvalue weighted by Gasteiger charge is 2.35. The third-order valence-corrected chi connectivity index (χ3v) is 7.15. The maximum Gasteiger partial charge on any atom is 0.254 e. The predicted octanol–water partition coefficient (Wildman–Crippen LogP) is 3.82. The highest BCUT2D eigenvalue weighted by molar-refractivity contribution is 7.91. The second-order valence-electron chi connectivity index (χ2n) is 8.67.